The molecule has 386 valence electrons. The maximum absolute atomic E-state index is 13.2. The molecular formula is C62H103NO5. The number of unbranched alkanes of at least 4 members (excludes halogenated alkanes) is 17. The van der Waals surface area contributed by atoms with Crippen LogP contribution in [0.5, 0.6) is 0 Å². The van der Waals surface area contributed by atoms with Crippen molar-refractivity contribution in [2.45, 2.75) is 251 Å². The third kappa shape index (κ3) is 48.7. The van der Waals surface area contributed by atoms with Gasteiger partial charge in [-0.05, 0) is 89.9 Å². The van der Waals surface area contributed by atoms with Crippen molar-refractivity contribution in [1.82, 2.24) is 5.32 Å². The number of ether oxygens (including phenoxy) is 1. The van der Waals surface area contributed by atoms with Crippen LogP contribution in [0.3, 0.4) is 0 Å². The van der Waals surface area contributed by atoms with Crippen molar-refractivity contribution in [3.63, 3.8) is 0 Å². The Morgan fingerprint density at radius 1 is 0.456 bits per heavy atom. The Morgan fingerprint density at radius 3 is 1.24 bits per heavy atom. The summed E-state index contributed by atoms with van der Waals surface area (Å²) in [5.74, 6) is -0.626. The van der Waals surface area contributed by atoms with Gasteiger partial charge in [0.15, 0.2) is 0 Å². The number of hydrogen-bond acceptors (Lipinski definition) is 5. The van der Waals surface area contributed by atoms with Crippen molar-refractivity contribution in [2.24, 2.45) is 0 Å². The summed E-state index contributed by atoms with van der Waals surface area (Å²) in [6, 6.07) is -0.748. The van der Waals surface area contributed by atoms with Crippen LogP contribution in [0.4, 0.5) is 0 Å². The van der Waals surface area contributed by atoms with E-state index >= 15 is 0 Å². The molecule has 0 heterocycles. The second-order valence-corrected chi connectivity index (χ2v) is 18.2. The van der Waals surface area contributed by atoms with Gasteiger partial charge in [0.25, 0.3) is 0 Å². The number of rotatable bonds is 48. The number of hydrogen-bond donors (Lipinski definition) is 3. The van der Waals surface area contributed by atoms with E-state index < -0.39 is 18.2 Å². The van der Waals surface area contributed by atoms with Crippen LogP contribution < -0.4 is 5.32 Å². The molecule has 3 unspecified atom stereocenters. The van der Waals surface area contributed by atoms with Gasteiger partial charge in [-0.2, -0.15) is 0 Å². The van der Waals surface area contributed by atoms with Crippen LogP contribution >= 0.6 is 0 Å². The SMILES string of the molecule is CC/C=C\C/C=C\C/C=C\C/C=C\C/C=C\CCCCCC(=O)OC(C/C=C\C/C=C\C/C=C\C/C=C\C/C=C\CC)CC(=O)NC(CO)C(O)CCCCCCCCCCCCCCCCC. The Kier molecular flexibility index (Phi) is 51.2. The van der Waals surface area contributed by atoms with Gasteiger partial charge in [0.2, 0.25) is 5.91 Å². The van der Waals surface area contributed by atoms with Gasteiger partial charge in [0.05, 0.1) is 25.2 Å². The molecule has 6 nitrogen and oxygen atoms in total. The first kappa shape index (κ1) is 64.3. The molecule has 3 N–H and O–H groups in total. The summed E-state index contributed by atoms with van der Waals surface area (Å²) < 4.78 is 5.87. The Morgan fingerprint density at radius 2 is 0.824 bits per heavy atom. The average molecular weight is 943 g/mol. The van der Waals surface area contributed by atoms with Gasteiger partial charge in [-0.25, -0.2) is 0 Å². The van der Waals surface area contributed by atoms with Crippen molar-refractivity contribution in [1.29, 1.82) is 0 Å². The smallest absolute Gasteiger partial charge is 0.306 e. The van der Waals surface area contributed by atoms with Gasteiger partial charge in [0, 0.05) is 12.8 Å². The summed E-state index contributed by atoms with van der Waals surface area (Å²) >= 11 is 0. The summed E-state index contributed by atoms with van der Waals surface area (Å²) in [4.78, 5) is 26.2. The van der Waals surface area contributed by atoms with E-state index in [-0.39, 0.29) is 24.9 Å². The third-order valence-electron chi connectivity index (χ3n) is 11.8. The Balaban J connectivity index is 4.76. The molecule has 0 aliphatic rings. The fraction of sp³-hybridized carbons (Fsp3) is 0.645. The molecular weight excluding hydrogens is 839 g/mol. The van der Waals surface area contributed by atoms with Crippen LogP contribution in [0.1, 0.15) is 233 Å². The van der Waals surface area contributed by atoms with E-state index in [0.717, 1.165) is 109 Å². The predicted octanol–water partition coefficient (Wildman–Crippen LogP) is 17.2. The van der Waals surface area contributed by atoms with Crippen molar-refractivity contribution >= 4 is 11.9 Å². The van der Waals surface area contributed by atoms with E-state index in [1.54, 1.807) is 0 Å². The predicted molar refractivity (Wildman–Crippen MR) is 296 cm³/mol. The van der Waals surface area contributed by atoms with Crippen molar-refractivity contribution in [3.05, 3.63) is 122 Å². The number of aliphatic hydroxyl groups excluding tert-OH is 2. The Hall–Kier alpha value is -3.74. The summed E-state index contributed by atoms with van der Waals surface area (Å²) in [5.41, 5.74) is 0. The first-order valence-electron chi connectivity index (χ1n) is 27.8. The largest absolute Gasteiger partial charge is 0.461 e. The maximum atomic E-state index is 13.2. The molecule has 3 atom stereocenters. The number of carbonyl (C=O) groups excluding carboxylic acids is 2. The average Bonchev–Trinajstić information content (AvgIpc) is 3.33. The van der Waals surface area contributed by atoms with E-state index in [9.17, 15) is 19.8 Å². The quantitative estimate of drug-likeness (QED) is 0.0321. The molecule has 0 saturated carbocycles. The van der Waals surface area contributed by atoms with Crippen LogP contribution in [0.2, 0.25) is 0 Å². The maximum Gasteiger partial charge on any atom is 0.306 e. The lowest BCUT2D eigenvalue weighted by Gasteiger charge is -2.24. The van der Waals surface area contributed by atoms with Crippen LogP contribution in [-0.2, 0) is 14.3 Å². The minimum absolute atomic E-state index is 0.0215. The third-order valence-corrected chi connectivity index (χ3v) is 11.8. The normalized spacial score (nSPS) is 14.1. The second kappa shape index (κ2) is 54.2. The van der Waals surface area contributed by atoms with Crippen molar-refractivity contribution in [3.8, 4) is 0 Å². The molecule has 0 aliphatic carbocycles. The van der Waals surface area contributed by atoms with Crippen LogP contribution in [0.25, 0.3) is 0 Å². The molecule has 0 aromatic rings. The molecule has 0 spiro atoms. The van der Waals surface area contributed by atoms with Gasteiger partial charge in [-0.3, -0.25) is 9.59 Å². The molecule has 0 aliphatic heterocycles. The number of nitrogens with one attached hydrogen (secondary N) is 1. The van der Waals surface area contributed by atoms with Crippen molar-refractivity contribution < 1.29 is 24.5 Å². The zero-order valence-electron chi connectivity index (χ0n) is 43.9. The van der Waals surface area contributed by atoms with Gasteiger partial charge in [0.1, 0.15) is 6.10 Å². The van der Waals surface area contributed by atoms with Gasteiger partial charge in [-0.1, -0.05) is 245 Å². The summed E-state index contributed by atoms with van der Waals surface area (Å²) in [6.45, 7) is 6.22. The van der Waals surface area contributed by atoms with E-state index in [4.69, 9.17) is 4.74 Å². The monoisotopic (exact) mass is 942 g/mol. The lowest BCUT2D eigenvalue weighted by molar-refractivity contribution is -0.150. The highest BCUT2D eigenvalue weighted by Crippen LogP contribution is 2.16. The molecule has 0 fully saturated rings. The first-order chi connectivity index (χ1) is 33.5. The zero-order chi connectivity index (χ0) is 49.5. The highest BCUT2D eigenvalue weighted by molar-refractivity contribution is 5.77. The van der Waals surface area contributed by atoms with Crippen LogP contribution in [-0.4, -0.2) is 46.9 Å². The van der Waals surface area contributed by atoms with Crippen LogP contribution in [0, 0.1) is 0 Å². The van der Waals surface area contributed by atoms with E-state index in [0.29, 0.717) is 19.3 Å². The lowest BCUT2D eigenvalue weighted by atomic mass is 10.0. The van der Waals surface area contributed by atoms with Crippen molar-refractivity contribution in [2.75, 3.05) is 6.61 Å². The lowest BCUT2D eigenvalue weighted by Crippen LogP contribution is -2.46. The molecule has 6 heteroatoms. The Labute approximate surface area is 419 Å². The second-order valence-electron chi connectivity index (χ2n) is 18.2. The highest BCUT2D eigenvalue weighted by Gasteiger charge is 2.23. The molecule has 0 saturated heterocycles. The Bertz CT molecular complexity index is 1430. The molecule has 0 rings (SSSR count). The number of allylic oxidation sites excluding steroid dienone is 19. The van der Waals surface area contributed by atoms with Gasteiger partial charge >= 0.3 is 5.97 Å². The summed E-state index contributed by atoms with van der Waals surface area (Å²) in [6.07, 6.45) is 75.6. The molecule has 0 bridgehead atoms. The van der Waals surface area contributed by atoms with Crippen LogP contribution in [0.15, 0.2) is 122 Å². The zero-order valence-corrected chi connectivity index (χ0v) is 43.9. The van der Waals surface area contributed by atoms with E-state index in [1.165, 1.54) is 77.0 Å². The topological polar surface area (TPSA) is 95.9 Å². The molecule has 0 radical (unpaired) electrons. The number of aliphatic hydroxyl groups is 2. The first-order valence-corrected chi connectivity index (χ1v) is 27.8. The standard InChI is InChI=1S/C62H103NO5/c1-4-7-10-13-16-19-22-25-28-29-30-31-34-37-40-43-46-49-52-55-62(67)68-58(53-50-47-44-41-38-35-32-26-23-20-17-14-11-8-5-2)56-61(66)63-59(57-64)60(65)54-51-48-45-42-39-36-33-27-24-21-18-15-12-9-6-3/h7-8,10-11,16-17,19-20,25-26,28,30-32,37-38,40-41,47,50,58-60,64-65H,4-6,9,12-15,18,21-24,27,29,33-36,39,42-46,48-49,51-57H2,1-3H3,(H,63,66)/b10-7-,11-8-,19-16-,20-17-,28-25-,31-30-,32-26-,40-37-,41-38-,50-47-. The summed E-state index contributed by atoms with van der Waals surface area (Å²) in [5, 5.41) is 23.8. The molecule has 68 heavy (non-hydrogen) atoms. The van der Waals surface area contributed by atoms with E-state index in [2.05, 4.69) is 135 Å². The minimum Gasteiger partial charge on any atom is -0.461 e. The number of esters is 1. The fourth-order valence-electron chi connectivity index (χ4n) is 7.66. The van der Waals surface area contributed by atoms with Gasteiger partial charge in [-0.15, -0.1) is 0 Å². The summed E-state index contributed by atoms with van der Waals surface area (Å²) in [7, 11) is 0. The number of carbonyl (C=O) groups is 2. The molecule has 0 aromatic carbocycles. The number of amides is 1. The molecule has 1 amide bonds. The van der Waals surface area contributed by atoms with Gasteiger partial charge < -0.3 is 20.3 Å². The molecule has 0 aromatic heterocycles. The van der Waals surface area contributed by atoms with E-state index in [1.807, 2.05) is 12.2 Å². The fourth-order valence-corrected chi connectivity index (χ4v) is 7.66. The minimum atomic E-state index is -0.826. The highest BCUT2D eigenvalue weighted by atomic mass is 16.5.